The average molecular weight is 254 g/mol. The third-order valence-corrected chi connectivity index (χ3v) is 3.19. The number of urea groups is 1. The largest absolute Gasteiger partial charge is 0.334 e. The van der Waals surface area contributed by atoms with Crippen molar-refractivity contribution in [1.82, 2.24) is 10.2 Å². The molecule has 2 rings (SSSR count). The van der Waals surface area contributed by atoms with Crippen LogP contribution < -0.4 is 11.1 Å². The number of halogens is 1. The standard InChI is InChI=1S/C12H16ClN3O/c13-11-3-1-9(2-4-11)6-15-12(17)16-7-10(5-14)8-16/h1-4,10H,5-8,14H2,(H,15,17). The molecule has 3 N–H and O–H groups in total. The molecule has 17 heavy (non-hydrogen) atoms. The van der Waals surface area contributed by atoms with Crippen molar-refractivity contribution < 1.29 is 4.79 Å². The number of benzene rings is 1. The van der Waals surface area contributed by atoms with E-state index >= 15 is 0 Å². The van der Waals surface area contributed by atoms with E-state index in [2.05, 4.69) is 5.32 Å². The molecule has 0 atom stereocenters. The second-order valence-corrected chi connectivity index (χ2v) is 4.73. The summed E-state index contributed by atoms with van der Waals surface area (Å²) in [6, 6.07) is 7.42. The Kier molecular flexibility index (Phi) is 3.86. The van der Waals surface area contributed by atoms with Gasteiger partial charge < -0.3 is 16.0 Å². The molecule has 1 aliphatic rings. The van der Waals surface area contributed by atoms with Gasteiger partial charge in [0.05, 0.1) is 0 Å². The molecule has 0 saturated carbocycles. The van der Waals surface area contributed by atoms with E-state index in [1.807, 2.05) is 24.3 Å². The predicted molar refractivity (Wildman–Crippen MR) is 67.8 cm³/mol. The van der Waals surface area contributed by atoms with Crippen molar-refractivity contribution in [2.75, 3.05) is 19.6 Å². The molecule has 1 aliphatic heterocycles. The van der Waals surface area contributed by atoms with Crippen molar-refractivity contribution in [2.24, 2.45) is 11.7 Å². The Morgan fingerprint density at radius 3 is 2.65 bits per heavy atom. The Labute approximate surface area is 106 Å². The molecule has 1 fully saturated rings. The molecule has 4 nitrogen and oxygen atoms in total. The Morgan fingerprint density at radius 2 is 2.06 bits per heavy atom. The molecule has 0 unspecified atom stereocenters. The summed E-state index contributed by atoms with van der Waals surface area (Å²) >= 11 is 5.78. The summed E-state index contributed by atoms with van der Waals surface area (Å²) in [6.07, 6.45) is 0. The second-order valence-electron chi connectivity index (χ2n) is 4.29. The van der Waals surface area contributed by atoms with Crippen molar-refractivity contribution in [3.8, 4) is 0 Å². The molecule has 0 aliphatic carbocycles. The molecule has 0 radical (unpaired) electrons. The zero-order valence-corrected chi connectivity index (χ0v) is 10.3. The van der Waals surface area contributed by atoms with Crippen LogP contribution in [0.1, 0.15) is 5.56 Å². The molecule has 1 heterocycles. The highest BCUT2D eigenvalue weighted by Gasteiger charge is 2.28. The highest BCUT2D eigenvalue weighted by molar-refractivity contribution is 6.30. The van der Waals surface area contributed by atoms with E-state index in [9.17, 15) is 4.79 Å². The monoisotopic (exact) mass is 253 g/mol. The third-order valence-electron chi connectivity index (χ3n) is 2.93. The lowest BCUT2D eigenvalue weighted by atomic mass is 10.0. The minimum atomic E-state index is -0.0235. The lowest BCUT2D eigenvalue weighted by molar-refractivity contribution is 0.124. The number of likely N-dealkylation sites (tertiary alicyclic amines) is 1. The number of nitrogens with two attached hydrogens (primary N) is 1. The molecule has 92 valence electrons. The quantitative estimate of drug-likeness (QED) is 0.857. The summed E-state index contributed by atoms with van der Waals surface area (Å²) in [4.78, 5) is 13.4. The zero-order valence-electron chi connectivity index (χ0n) is 9.53. The lowest BCUT2D eigenvalue weighted by Crippen LogP contribution is -2.55. The first kappa shape index (κ1) is 12.2. The van der Waals surface area contributed by atoms with Gasteiger partial charge in [0.25, 0.3) is 0 Å². The molecule has 1 aromatic carbocycles. The van der Waals surface area contributed by atoms with E-state index in [-0.39, 0.29) is 6.03 Å². The van der Waals surface area contributed by atoms with E-state index < -0.39 is 0 Å². The molecule has 0 bridgehead atoms. The van der Waals surface area contributed by atoms with Crippen LogP contribution in [0, 0.1) is 5.92 Å². The van der Waals surface area contributed by atoms with Crippen LogP contribution in [0.5, 0.6) is 0 Å². The number of carbonyl (C=O) groups is 1. The van der Waals surface area contributed by atoms with Crippen LogP contribution >= 0.6 is 11.6 Å². The van der Waals surface area contributed by atoms with Gasteiger partial charge in [-0.2, -0.15) is 0 Å². The first-order valence-electron chi connectivity index (χ1n) is 5.66. The van der Waals surface area contributed by atoms with Crippen molar-refractivity contribution in [3.63, 3.8) is 0 Å². The molecule has 2 amide bonds. The highest BCUT2D eigenvalue weighted by atomic mass is 35.5. The Bertz CT molecular complexity index is 387. The smallest absolute Gasteiger partial charge is 0.317 e. The number of carbonyl (C=O) groups excluding carboxylic acids is 1. The van der Waals surface area contributed by atoms with Gasteiger partial charge in [0.1, 0.15) is 0 Å². The van der Waals surface area contributed by atoms with Crippen molar-refractivity contribution >= 4 is 17.6 Å². The van der Waals surface area contributed by atoms with Crippen molar-refractivity contribution in [1.29, 1.82) is 0 Å². The SMILES string of the molecule is NCC1CN(C(=O)NCc2ccc(Cl)cc2)C1. The maximum absolute atomic E-state index is 11.7. The van der Waals surface area contributed by atoms with E-state index in [1.165, 1.54) is 0 Å². The van der Waals surface area contributed by atoms with Gasteiger partial charge >= 0.3 is 6.03 Å². The number of nitrogens with zero attached hydrogens (tertiary/aromatic N) is 1. The Morgan fingerprint density at radius 1 is 1.41 bits per heavy atom. The summed E-state index contributed by atoms with van der Waals surface area (Å²) in [5.41, 5.74) is 6.54. The van der Waals surface area contributed by atoms with Crippen LogP contribution in [-0.4, -0.2) is 30.6 Å². The highest BCUT2D eigenvalue weighted by Crippen LogP contribution is 2.14. The van der Waals surface area contributed by atoms with Crippen LogP contribution in [-0.2, 0) is 6.54 Å². The fourth-order valence-corrected chi connectivity index (χ4v) is 1.90. The number of amides is 2. The topological polar surface area (TPSA) is 58.4 Å². The number of hydrogen-bond acceptors (Lipinski definition) is 2. The van der Waals surface area contributed by atoms with Gasteiger partial charge in [-0.25, -0.2) is 4.79 Å². The zero-order chi connectivity index (χ0) is 12.3. The summed E-state index contributed by atoms with van der Waals surface area (Å²) in [6.45, 7) is 2.71. The Hall–Kier alpha value is -1.26. The third kappa shape index (κ3) is 3.11. The fourth-order valence-electron chi connectivity index (χ4n) is 1.78. The van der Waals surface area contributed by atoms with Gasteiger partial charge in [0.15, 0.2) is 0 Å². The first-order valence-corrected chi connectivity index (χ1v) is 6.04. The summed E-state index contributed by atoms with van der Waals surface area (Å²) in [7, 11) is 0. The molecule has 5 heteroatoms. The van der Waals surface area contributed by atoms with Crippen LogP contribution in [0.4, 0.5) is 4.79 Å². The summed E-state index contributed by atoms with van der Waals surface area (Å²) in [5.74, 6) is 0.469. The van der Waals surface area contributed by atoms with Crippen molar-refractivity contribution in [2.45, 2.75) is 6.54 Å². The minimum absolute atomic E-state index is 0.0235. The maximum atomic E-state index is 11.7. The maximum Gasteiger partial charge on any atom is 0.317 e. The minimum Gasteiger partial charge on any atom is -0.334 e. The lowest BCUT2D eigenvalue weighted by Gasteiger charge is -2.38. The van der Waals surface area contributed by atoms with Crippen LogP contribution in [0.25, 0.3) is 0 Å². The molecule has 0 aromatic heterocycles. The molecular weight excluding hydrogens is 238 g/mol. The summed E-state index contributed by atoms with van der Waals surface area (Å²) < 4.78 is 0. The van der Waals surface area contributed by atoms with Gasteiger partial charge in [0, 0.05) is 30.6 Å². The molecule has 0 spiro atoms. The van der Waals surface area contributed by atoms with E-state index in [0.717, 1.165) is 18.7 Å². The number of nitrogens with one attached hydrogen (secondary N) is 1. The van der Waals surface area contributed by atoms with Gasteiger partial charge in [0.2, 0.25) is 0 Å². The van der Waals surface area contributed by atoms with Gasteiger partial charge in [-0.05, 0) is 24.2 Å². The van der Waals surface area contributed by atoms with Crippen LogP contribution in [0.3, 0.4) is 0 Å². The fraction of sp³-hybridized carbons (Fsp3) is 0.417. The average Bonchev–Trinajstić information content (AvgIpc) is 2.27. The van der Waals surface area contributed by atoms with Crippen LogP contribution in [0.2, 0.25) is 5.02 Å². The first-order chi connectivity index (χ1) is 8.19. The van der Waals surface area contributed by atoms with Gasteiger partial charge in [-0.15, -0.1) is 0 Å². The van der Waals surface area contributed by atoms with E-state index in [0.29, 0.717) is 24.0 Å². The molecule has 1 aromatic rings. The van der Waals surface area contributed by atoms with Crippen LogP contribution in [0.15, 0.2) is 24.3 Å². The predicted octanol–water partition coefficient (Wildman–Crippen LogP) is 1.44. The molecular formula is C12H16ClN3O. The second kappa shape index (κ2) is 5.38. The van der Waals surface area contributed by atoms with E-state index in [1.54, 1.807) is 4.90 Å². The number of hydrogen-bond donors (Lipinski definition) is 2. The van der Waals surface area contributed by atoms with Gasteiger partial charge in [-0.3, -0.25) is 0 Å². The number of rotatable bonds is 3. The van der Waals surface area contributed by atoms with Gasteiger partial charge in [-0.1, -0.05) is 23.7 Å². The van der Waals surface area contributed by atoms with E-state index in [4.69, 9.17) is 17.3 Å². The van der Waals surface area contributed by atoms with Crippen molar-refractivity contribution in [3.05, 3.63) is 34.9 Å². The summed E-state index contributed by atoms with van der Waals surface area (Å²) in [5, 5.41) is 3.57. The normalized spacial score (nSPS) is 15.5. The Balaban J connectivity index is 1.75. The molecule has 1 saturated heterocycles.